The van der Waals surface area contributed by atoms with E-state index in [-0.39, 0.29) is 12.0 Å². The zero-order chi connectivity index (χ0) is 18.9. The van der Waals surface area contributed by atoms with Gasteiger partial charge in [-0.1, -0.05) is 24.3 Å². The van der Waals surface area contributed by atoms with Crippen molar-refractivity contribution in [1.29, 1.82) is 0 Å². The van der Waals surface area contributed by atoms with Crippen LogP contribution in [-0.2, 0) is 0 Å². The highest BCUT2D eigenvalue weighted by molar-refractivity contribution is 5.98. The highest BCUT2D eigenvalue weighted by atomic mass is 16.5. The van der Waals surface area contributed by atoms with Crippen molar-refractivity contribution in [3.05, 3.63) is 66.5 Å². The Hall–Kier alpha value is -3.41. The van der Waals surface area contributed by atoms with E-state index in [1.807, 2.05) is 59.6 Å². The smallest absolute Gasteiger partial charge is 0.253 e. The van der Waals surface area contributed by atoms with Crippen molar-refractivity contribution in [3.63, 3.8) is 0 Å². The van der Waals surface area contributed by atoms with Crippen LogP contribution in [0.2, 0.25) is 0 Å². The van der Waals surface area contributed by atoms with Crippen LogP contribution in [0.15, 0.2) is 60.9 Å². The Morgan fingerprint density at radius 1 is 1.07 bits per heavy atom. The molecule has 28 heavy (non-hydrogen) atoms. The average Bonchev–Trinajstić information content (AvgIpc) is 3.22. The van der Waals surface area contributed by atoms with Crippen molar-refractivity contribution in [1.82, 2.24) is 20.1 Å². The number of aromatic nitrogens is 3. The minimum atomic E-state index is 0.0371. The van der Waals surface area contributed by atoms with Crippen molar-refractivity contribution in [2.75, 3.05) is 13.1 Å². The second-order valence-corrected chi connectivity index (χ2v) is 7.13. The standard InChI is InChI=1S/C22H20N4O2/c27-22(16-6-5-15-7-10-23-20(15)13-16)26-11-8-18(9-12-26)28-21-19-4-2-1-3-17(19)14-24-25-21/h1-7,10,13-14,18,23H,8-9,11-12H2. The van der Waals surface area contributed by atoms with Crippen LogP contribution in [0.3, 0.4) is 0 Å². The average molecular weight is 372 g/mol. The van der Waals surface area contributed by atoms with Crippen LogP contribution in [0.25, 0.3) is 21.7 Å². The summed E-state index contributed by atoms with van der Waals surface area (Å²) in [6, 6.07) is 15.7. The molecule has 0 atom stereocenters. The summed E-state index contributed by atoms with van der Waals surface area (Å²) in [5.41, 5.74) is 1.70. The molecule has 0 radical (unpaired) electrons. The summed E-state index contributed by atoms with van der Waals surface area (Å²) in [6.45, 7) is 1.34. The van der Waals surface area contributed by atoms with E-state index in [2.05, 4.69) is 15.2 Å². The number of fused-ring (bicyclic) bond motifs is 2. The van der Waals surface area contributed by atoms with Crippen LogP contribution < -0.4 is 4.74 Å². The second kappa shape index (κ2) is 6.96. The predicted octanol–water partition coefficient (Wildman–Crippen LogP) is 3.79. The molecule has 6 nitrogen and oxygen atoms in total. The van der Waals surface area contributed by atoms with E-state index in [0.29, 0.717) is 24.5 Å². The molecule has 1 aliphatic heterocycles. The fourth-order valence-corrected chi connectivity index (χ4v) is 3.79. The molecule has 2 aromatic carbocycles. The molecule has 0 spiro atoms. The predicted molar refractivity (Wildman–Crippen MR) is 107 cm³/mol. The summed E-state index contributed by atoms with van der Waals surface area (Å²) in [4.78, 5) is 17.9. The summed E-state index contributed by atoms with van der Waals surface area (Å²) in [6.07, 6.45) is 5.22. The fourth-order valence-electron chi connectivity index (χ4n) is 3.79. The third-order valence-electron chi connectivity index (χ3n) is 5.35. The van der Waals surface area contributed by atoms with Gasteiger partial charge in [-0.25, -0.2) is 0 Å². The number of ether oxygens (including phenoxy) is 1. The first-order chi connectivity index (χ1) is 13.8. The minimum Gasteiger partial charge on any atom is -0.473 e. The molecular formula is C22H20N4O2. The summed E-state index contributed by atoms with van der Waals surface area (Å²) >= 11 is 0. The molecule has 1 N–H and O–H groups in total. The molecule has 1 fully saturated rings. The Labute approximate surface area is 162 Å². The van der Waals surface area contributed by atoms with E-state index in [1.165, 1.54) is 0 Å². The Morgan fingerprint density at radius 3 is 2.82 bits per heavy atom. The number of carbonyl (C=O) groups excluding carboxylic acids is 1. The maximum Gasteiger partial charge on any atom is 0.253 e. The van der Waals surface area contributed by atoms with E-state index >= 15 is 0 Å². The first-order valence-corrected chi connectivity index (χ1v) is 9.51. The van der Waals surface area contributed by atoms with Crippen molar-refractivity contribution < 1.29 is 9.53 Å². The van der Waals surface area contributed by atoms with Crippen LogP contribution in [0.4, 0.5) is 0 Å². The van der Waals surface area contributed by atoms with Crippen LogP contribution in [-0.4, -0.2) is 45.2 Å². The van der Waals surface area contributed by atoms with Gasteiger partial charge in [-0.3, -0.25) is 4.79 Å². The van der Waals surface area contributed by atoms with Crippen LogP contribution in [0.5, 0.6) is 5.88 Å². The van der Waals surface area contributed by atoms with Gasteiger partial charge in [-0.05, 0) is 29.7 Å². The van der Waals surface area contributed by atoms with Gasteiger partial charge in [-0.15, -0.1) is 5.10 Å². The lowest BCUT2D eigenvalue weighted by Gasteiger charge is -2.32. The summed E-state index contributed by atoms with van der Waals surface area (Å²) in [7, 11) is 0. The number of nitrogens with one attached hydrogen (secondary N) is 1. The third kappa shape index (κ3) is 3.07. The molecule has 0 unspecified atom stereocenters. The Bertz CT molecular complexity index is 1140. The van der Waals surface area contributed by atoms with Crippen LogP contribution in [0, 0.1) is 0 Å². The second-order valence-electron chi connectivity index (χ2n) is 7.13. The van der Waals surface area contributed by atoms with Gasteiger partial charge in [-0.2, -0.15) is 5.10 Å². The highest BCUT2D eigenvalue weighted by Gasteiger charge is 2.25. The van der Waals surface area contributed by atoms with Gasteiger partial charge in [0.1, 0.15) is 6.10 Å². The quantitative estimate of drug-likeness (QED) is 0.594. The number of aromatic amines is 1. The van der Waals surface area contributed by atoms with E-state index in [1.54, 1.807) is 6.20 Å². The number of likely N-dealkylation sites (tertiary alicyclic amines) is 1. The molecule has 2 aromatic heterocycles. The molecule has 4 aromatic rings. The molecule has 0 bridgehead atoms. The van der Waals surface area contributed by atoms with Crippen molar-refractivity contribution >= 4 is 27.6 Å². The number of amides is 1. The monoisotopic (exact) mass is 372 g/mol. The van der Waals surface area contributed by atoms with Crippen LogP contribution in [0.1, 0.15) is 23.2 Å². The molecule has 6 heteroatoms. The van der Waals surface area contributed by atoms with E-state index in [4.69, 9.17) is 4.74 Å². The van der Waals surface area contributed by atoms with Crippen LogP contribution >= 0.6 is 0 Å². The molecule has 1 aliphatic rings. The zero-order valence-electron chi connectivity index (χ0n) is 15.3. The minimum absolute atomic E-state index is 0.0371. The molecule has 5 rings (SSSR count). The number of H-pyrrole nitrogens is 1. The third-order valence-corrected chi connectivity index (χ3v) is 5.35. The first-order valence-electron chi connectivity index (χ1n) is 9.51. The molecule has 0 saturated carbocycles. The van der Waals surface area contributed by atoms with Gasteiger partial charge < -0.3 is 14.6 Å². The number of nitrogens with zero attached hydrogens (tertiary/aromatic N) is 3. The maximum atomic E-state index is 12.9. The number of hydrogen-bond donors (Lipinski definition) is 1. The van der Waals surface area contributed by atoms with E-state index in [9.17, 15) is 4.79 Å². The fraction of sp³-hybridized carbons (Fsp3) is 0.227. The topological polar surface area (TPSA) is 71.1 Å². The van der Waals surface area contributed by atoms with Gasteiger partial charge >= 0.3 is 0 Å². The zero-order valence-corrected chi connectivity index (χ0v) is 15.3. The molecular weight excluding hydrogens is 352 g/mol. The first kappa shape index (κ1) is 16.7. The van der Waals surface area contributed by atoms with Gasteiger partial charge in [0.15, 0.2) is 0 Å². The molecule has 1 saturated heterocycles. The summed E-state index contributed by atoms with van der Waals surface area (Å²) in [5.74, 6) is 0.639. The summed E-state index contributed by atoms with van der Waals surface area (Å²) in [5, 5.41) is 11.3. The normalized spacial score (nSPS) is 15.2. The van der Waals surface area contributed by atoms with Crippen molar-refractivity contribution in [2.45, 2.75) is 18.9 Å². The molecule has 0 aliphatic carbocycles. The Balaban J connectivity index is 1.26. The lowest BCUT2D eigenvalue weighted by atomic mass is 10.1. The lowest BCUT2D eigenvalue weighted by molar-refractivity contribution is 0.0589. The Morgan fingerprint density at radius 2 is 1.93 bits per heavy atom. The largest absolute Gasteiger partial charge is 0.473 e. The Kier molecular flexibility index (Phi) is 4.16. The van der Waals surface area contributed by atoms with Gasteiger partial charge in [0.2, 0.25) is 5.88 Å². The maximum absolute atomic E-state index is 12.9. The van der Waals surface area contributed by atoms with Crippen molar-refractivity contribution in [3.8, 4) is 5.88 Å². The van der Waals surface area contributed by atoms with Crippen molar-refractivity contribution in [2.24, 2.45) is 0 Å². The number of benzene rings is 2. The number of carbonyl (C=O) groups is 1. The number of hydrogen-bond acceptors (Lipinski definition) is 4. The number of piperidine rings is 1. The van der Waals surface area contributed by atoms with Gasteiger partial charge in [0, 0.05) is 54.0 Å². The summed E-state index contributed by atoms with van der Waals surface area (Å²) < 4.78 is 6.13. The van der Waals surface area contributed by atoms with Gasteiger partial charge in [0.05, 0.1) is 6.20 Å². The van der Waals surface area contributed by atoms with Gasteiger partial charge in [0.25, 0.3) is 5.91 Å². The number of rotatable bonds is 3. The van der Waals surface area contributed by atoms with E-state index < -0.39 is 0 Å². The van der Waals surface area contributed by atoms with E-state index in [0.717, 1.165) is 34.5 Å². The lowest BCUT2D eigenvalue weighted by Crippen LogP contribution is -2.41. The SMILES string of the molecule is O=C(c1ccc2cc[nH]c2c1)N1CCC(Oc2nncc3ccccc23)CC1. The molecule has 140 valence electrons. The highest BCUT2D eigenvalue weighted by Crippen LogP contribution is 2.25. The molecule has 1 amide bonds. The molecule has 3 heterocycles.